The predicted octanol–water partition coefficient (Wildman–Crippen LogP) is 3.03. The van der Waals surface area contributed by atoms with Gasteiger partial charge in [-0.3, -0.25) is 9.59 Å². The number of carbonyl (C=O) groups excluding carboxylic acids is 1. The number of ether oxygens (including phenoxy) is 1. The Balaban J connectivity index is 1.70. The number of hydrogen-bond donors (Lipinski definition) is 4. The Morgan fingerprint density at radius 1 is 1.24 bits per heavy atom. The first-order valence-electron chi connectivity index (χ1n) is 13.4. The van der Waals surface area contributed by atoms with Crippen LogP contribution in [0.1, 0.15) is 46.7 Å². The number of anilines is 1. The molecule has 1 aliphatic heterocycles. The van der Waals surface area contributed by atoms with Crippen LogP contribution in [0.25, 0.3) is 28.0 Å². The number of halogens is 1. The van der Waals surface area contributed by atoms with Crippen LogP contribution < -0.4 is 22.9 Å². The summed E-state index contributed by atoms with van der Waals surface area (Å²) < 4.78 is 21.5. The topological polar surface area (TPSA) is 163 Å². The second-order valence-electron chi connectivity index (χ2n) is 10.6. The van der Waals surface area contributed by atoms with Crippen LogP contribution in [-0.2, 0) is 34.8 Å². The number of nitrogens with zero attached hydrogens (tertiary/aromatic N) is 3. The highest BCUT2D eigenvalue weighted by atomic mass is 19.1. The second kappa shape index (κ2) is 11.0. The third-order valence-electron chi connectivity index (χ3n) is 7.82. The van der Waals surface area contributed by atoms with E-state index in [9.17, 15) is 19.1 Å². The minimum atomic E-state index is -1.90. The van der Waals surface area contributed by atoms with Crippen molar-refractivity contribution in [2.24, 2.45) is 11.6 Å². The summed E-state index contributed by atoms with van der Waals surface area (Å²) in [6, 6.07) is 11.7. The lowest BCUT2D eigenvalue weighted by Gasteiger charge is -2.24. The Kier molecular flexibility index (Phi) is 7.58. The third-order valence-corrected chi connectivity index (χ3v) is 7.82. The van der Waals surface area contributed by atoms with Crippen molar-refractivity contribution in [3.8, 4) is 11.4 Å². The zero-order chi connectivity index (χ0) is 30.3. The molecule has 0 bridgehead atoms. The molecule has 4 aromatic rings. The lowest BCUT2D eigenvalue weighted by molar-refractivity contribution is -0.125. The van der Waals surface area contributed by atoms with E-state index in [-0.39, 0.29) is 37.2 Å². The Bertz CT molecular complexity index is 1800. The fourth-order valence-corrected chi connectivity index (χ4v) is 5.43. The Morgan fingerprint density at radius 2 is 1.95 bits per heavy atom. The number of rotatable bonds is 9. The summed E-state index contributed by atoms with van der Waals surface area (Å²) in [6.45, 7) is 3.54. The standard InChI is InChI=1S/C31H33FN6O4/c1-4-31(41,16-39)24-10-28-29-22(13-38(28)30(40)23(24)15-42-3)21(20-9-17(2)25(32)11-27(20)36-29)12-37(35)14-26(34)18-5-7-19(33)8-6-18/h5-11,14,16,41H,4,12-13,15,33-35H2,1-3H3/b26-14-/t31-/m1/s1. The molecule has 0 unspecified atom stereocenters. The number of benzene rings is 2. The summed E-state index contributed by atoms with van der Waals surface area (Å²) >= 11 is 0. The molecule has 1 atom stereocenters. The normalized spacial score (nSPS) is 14.0. The maximum atomic E-state index is 14.7. The predicted molar refractivity (Wildman–Crippen MR) is 159 cm³/mol. The second-order valence-corrected chi connectivity index (χ2v) is 10.6. The maximum Gasteiger partial charge on any atom is 0.257 e. The number of aryl methyl sites for hydroxylation is 1. The van der Waals surface area contributed by atoms with Gasteiger partial charge in [0.25, 0.3) is 5.56 Å². The highest BCUT2D eigenvalue weighted by Crippen LogP contribution is 2.39. The minimum Gasteiger partial charge on any atom is -0.399 e. The number of hydrogen-bond acceptors (Lipinski definition) is 9. The lowest BCUT2D eigenvalue weighted by atomic mass is 9.89. The number of methoxy groups -OCH3 is 1. The van der Waals surface area contributed by atoms with Crippen LogP contribution >= 0.6 is 0 Å². The van der Waals surface area contributed by atoms with E-state index in [0.29, 0.717) is 51.1 Å². The van der Waals surface area contributed by atoms with Gasteiger partial charge < -0.3 is 30.9 Å². The number of pyridine rings is 2. The molecule has 10 nitrogen and oxygen atoms in total. The molecular formula is C31H33FN6O4. The van der Waals surface area contributed by atoms with Gasteiger partial charge in [-0.25, -0.2) is 15.2 Å². The van der Waals surface area contributed by atoms with Gasteiger partial charge in [0.1, 0.15) is 11.4 Å². The van der Waals surface area contributed by atoms with Crippen molar-refractivity contribution in [3.05, 3.63) is 98.2 Å². The van der Waals surface area contributed by atoms with Gasteiger partial charge in [0.2, 0.25) is 0 Å². The highest BCUT2D eigenvalue weighted by molar-refractivity contribution is 5.89. The zero-order valence-electron chi connectivity index (χ0n) is 23.6. The number of aliphatic hydroxyl groups is 1. The van der Waals surface area contributed by atoms with Gasteiger partial charge in [-0.15, -0.1) is 0 Å². The Morgan fingerprint density at radius 3 is 2.60 bits per heavy atom. The van der Waals surface area contributed by atoms with Gasteiger partial charge in [-0.05, 0) is 54.3 Å². The zero-order valence-corrected chi connectivity index (χ0v) is 23.6. The van der Waals surface area contributed by atoms with Crippen molar-refractivity contribution in [1.29, 1.82) is 0 Å². The maximum absolute atomic E-state index is 14.7. The fourth-order valence-electron chi connectivity index (χ4n) is 5.43. The fraction of sp³-hybridized carbons (Fsp3) is 0.258. The summed E-state index contributed by atoms with van der Waals surface area (Å²) in [6.07, 6.45) is 2.07. The summed E-state index contributed by atoms with van der Waals surface area (Å²) in [5.74, 6) is 6.02. The number of carbonyl (C=O) groups is 1. The molecule has 0 amide bonds. The molecule has 11 heteroatoms. The van der Waals surface area contributed by atoms with E-state index in [4.69, 9.17) is 27.0 Å². The SMILES string of the molecule is CC[C@@](O)(C=O)c1cc2n(c(=O)c1COC)Cc1c-2nc2cc(F)c(C)cc2c1CN(N)/C=C(\N)c1ccc(N)cc1. The van der Waals surface area contributed by atoms with E-state index >= 15 is 0 Å². The molecule has 0 spiro atoms. The van der Waals surface area contributed by atoms with E-state index in [2.05, 4.69) is 0 Å². The molecule has 1 aliphatic rings. The van der Waals surface area contributed by atoms with Gasteiger partial charge in [0, 0.05) is 47.1 Å². The molecule has 0 fully saturated rings. The summed E-state index contributed by atoms with van der Waals surface area (Å²) in [7, 11) is 1.43. The van der Waals surface area contributed by atoms with Crippen molar-refractivity contribution < 1.29 is 19.0 Å². The quantitative estimate of drug-likeness (QED) is 0.0900. The van der Waals surface area contributed by atoms with Crippen LogP contribution in [0.2, 0.25) is 0 Å². The number of nitrogen functional groups attached to an aromatic ring is 1. The van der Waals surface area contributed by atoms with Crippen molar-refractivity contribution in [2.75, 3.05) is 12.8 Å². The Labute approximate surface area is 241 Å². The van der Waals surface area contributed by atoms with Crippen LogP contribution in [0.15, 0.2) is 53.5 Å². The van der Waals surface area contributed by atoms with Gasteiger partial charge in [-0.1, -0.05) is 19.1 Å². The van der Waals surface area contributed by atoms with Crippen molar-refractivity contribution in [3.63, 3.8) is 0 Å². The van der Waals surface area contributed by atoms with Gasteiger partial charge in [-0.2, -0.15) is 0 Å². The average Bonchev–Trinajstić information content (AvgIpc) is 3.34. The molecule has 0 aliphatic carbocycles. The average molecular weight is 573 g/mol. The lowest BCUT2D eigenvalue weighted by Crippen LogP contribution is -2.34. The molecule has 218 valence electrons. The van der Waals surface area contributed by atoms with Crippen LogP contribution in [0.3, 0.4) is 0 Å². The number of nitrogens with two attached hydrogens (primary N) is 3. The van der Waals surface area contributed by atoms with Crippen LogP contribution in [0, 0.1) is 12.7 Å². The van der Waals surface area contributed by atoms with E-state index in [1.165, 1.54) is 22.8 Å². The highest BCUT2D eigenvalue weighted by Gasteiger charge is 2.35. The molecule has 5 rings (SSSR count). The van der Waals surface area contributed by atoms with E-state index in [1.54, 1.807) is 56.4 Å². The molecular weight excluding hydrogens is 539 g/mol. The number of hydrazine groups is 1. The van der Waals surface area contributed by atoms with Crippen LogP contribution in [-0.4, -0.2) is 33.1 Å². The van der Waals surface area contributed by atoms with Crippen LogP contribution in [0.4, 0.5) is 10.1 Å². The summed E-state index contributed by atoms with van der Waals surface area (Å²) in [5.41, 5.74) is 15.0. The number of aldehydes is 1. The number of fused-ring (bicyclic) bond motifs is 4. The van der Waals surface area contributed by atoms with E-state index in [0.717, 1.165) is 11.1 Å². The molecule has 0 radical (unpaired) electrons. The third kappa shape index (κ3) is 4.91. The van der Waals surface area contributed by atoms with Crippen molar-refractivity contribution >= 4 is 28.6 Å². The molecule has 2 aromatic carbocycles. The van der Waals surface area contributed by atoms with Gasteiger partial charge in [0.05, 0.1) is 42.3 Å². The largest absolute Gasteiger partial charge is 0.399 e. The number of aromatic nitrogens is 2. The molecule has 7 N–H and O–H groups in total. The molecule has 42 heavy (non-hydrogen) atoms. The van der Waals surface area contributed by atoms with Gasteiger partial charge >= 0.3 is 0 Å². The smallest absolute Gasteiger partial charge is 0.257 e. The summed E-state index contributed by atoms with van der Waals surface area (Å²) in [5, 5.41) is 13.2. The first-order chi connectivity index (χ1) is 20.0. The monoisotopic (exact) mass is 572 g/mol. The molecule has 0 saturated carbocycles. The van der Waals surface area contributed by atoms with Gasteiger partial charge in [0.15, 0.2) is 6.29 Å². The molecule has 0 saturated heterocycles. The Hall–Kier alpha value is -4.58. The van der Waals surface area contributed by atoms with E-state index < -0.39 is 17.0 Å². The first kappa shape index (κ1) is 28.9. The first-order valence-corrected chi connectivity index (χ1v) is 13.4. The van der Waals surface area contributed by atoms with E-state index in [1.807, 2.05) is 0 Å². The molecule has 3 heterocycles. The van der Waals surface area contributed by atoms with Crippen molar-refractivity contribution in [1.82, 2.24) is 14.6 Å². The van der Waals surface area contributed by atoms with Crippen LogP contribution in [0.5, 0.6) is 0 Å². The summed E-state index contributed by atoms with van der Waals surface area (Å²) in [4.78, 5) is 30.5. The molecule has 2 aromatic heterocycles. The minimum absolute atomic E-state index is 0.0494. The van der Waals surface area contributed by atoms with Crippen molar-refractivity contribution in [2.45, 2.75) is 45.6 Å².